The lowest BCUT2D eigenvalue weighted by atomic mass is 10.1. The second-order valence-electron chi connectivity index (χ2n) is 5.28. The first-order valence-corrected chi connectivity index (χ1v) is 10.4. The standard InChI is InChI=1S/C18H16BrN3O3S2/c1-24-13-4-3-5-14(25-2)15(13)16(23)20-17-21-22-18(27-17)26-10-11-6-8-12(19)9-7-11/h3-9H,10H2,1-2H3,(H,20,21,23). The molecule has 140 valence electrons. The van der Waals surface area contributed by atoms with Crippen LogP contribution in [0.3, 0.4) is 0 Å². The highest BCUT2D eigenvalue weighted by Gasteiger charge is 2.19. The van der Waals surface area contributed by atoms with Crippen LogP contribution in [0.15, 0.2) is 51.3 Å². The maximum absolute atomic E-state index is 12.7. The van der Waals surface area contributed by atoms with E-state index in [0.717, 1.165) is 14.6 Å². The van der Waals surface area contributed by atoms with Gasteiger partial charge in [0, 0.05) is 10.2 Å². The summed E-state index contributed by atoms with van der Waals surface area (Å²) in [6.45, 7) is 0. The van der Waals surface area contributed by atoms with E-state index >= 15 is 0 Å². The summed E-state index contributed by atoms with van der Waals surface area (Å²) in [6.07, 6.45) is 0. The lowest BCUT2D eigenvalue weighted by molar-refractivity contribution is 0.102. The van der Waals surface area contributed by atoms with E-state index in [1.54, 1.807) is 30.0 Å². The number of hydrogen-bond donors (Lipinski definition) is 1. The molecule has 2 aromatic carbocycles. The number of carbonyl (C=O) groups is 1. The molecule has 0 saturated carbocycles. The molecule has 0 bridgehead atoms. The minimum absolute atomic E-state index is 0.321. The van der Waals surface area contributed by atoms with Crippen LogP contribution >= 0.6 is 39.0 Å². The molecule has 9 heteroatoms. The number of halogens is 1. The fraction of sp³-hybridized carbons (Fsp3) is 0.167. The van der Waals surface area contributed by atoms with E-state index in [9.17, 15) is 4.79 Å². The van der Waals surface area contributed by atoms with Gasteiger partial charge in [0.1, 0.15) is 17.1 Å². The number of anilines is 1. The van der Waals surface area contributed by atoms with Crippen LogP contribution in [0.1, 0.15) is 15.9 Å². The van der Waals surface area contributed by atoms with Crippen LogP contribution in [-0.4, -0.2) is 30.3 Å². The minimum Gasteiger partial charge on any atom is -0.496 e. The predicted molar refractivity (Wildman–Crippen MR) is 111 cm³/mol. The lowest BCUT2D eigenvalue weighted by Gasteiger charge is -2.11. The molecule has 27 heavy (non-hydrogen) atoms. The SMILES string of the molecule is COc1cccc(OC)c1C(=O)Nc1nnc(SCc2ccc(Br)cc2)s1. The van der Waals surface area contributed by atoms with Crippen LogP contribution in [0.2, 0.25) is 0 Å². The smallest absolute Gasteiger partial charge is 0.265 e. The average molecular weight is 466 g/mol. The van der Waals surface area contributed by atoms with Crippen molar-refractivity contribution in [2.45, 2.75) is 10.1 Å². The van der Waals surface area contributed by atoms with Crippen molar-refractivity contribution < 1.29 is 14.3 Å². The van der Waals surface area contributed by atoms with Gasteiger partial charge >= 0.3 is 0 Å². The molecule has 0 aliphatic heterocycles. The van der Waals surface area contributed by atoms with E-state index in [2.05, 4.69) is 43.6 Å². The summed E-state index contributed by atoms with van der Waals surface area (Å²) in [5, 5.41) is 11.4. The minimum atomic E-state index is -0.357. The van der Waals surface area contributed by atoms with E-state index in [0.29, 0.717) is 22.2 Å². The van der Waals surface area contributed by atoms with Crippen LogP contribution in [0.4, 0.5) is 5.13 Å². The second-order valence-corrected chi connectivity index (χ2v) is 8.40. The van der Waals surface area contributed by atoms with Gasteiger partial charge in [-0.25, -0.2) is 0 Å². The van der Waals surface area contributed by atoms with Gasteiger partial charge in [-0.05, 0) is 29.8 Å². The summed E-state index contributed by atoms with van der Waals surface area (Å²) in [4.78, 5) is 12.7. The number of ether oxygens (including phenoxy) is 2. The molecule has 0 spiro atoms. The maximum Gasteiger partial charge on any atom is 0.265 e. The zero-order valence-corrected chi connectivity index (χ0v) is 17.8. The molecule has 0 unspecified atom stereocenters. The van der Waals surface area contributed by atoms with Crippen LogP contribution in [0.5, 0.6) is 11.5 Å². The molecule has 3 rings (SSSR count). The average Bonchev–Trinajstić information content (AvgIpc) is 3.14. The molecule has 0 radical (unpaired) electrons. The molecule has 0 aliphatic rings. The molecular weight excluding hydrogens is 450 g/mol. The Morgan fingerprint density at radius 1 is 1.11 bits per heavy atom. The van der Waals surface area contributed by atoms with E-state index < -0.39 is 0 Å². The van der Waals surface area contributed by atoms with E-state index in [-0.39, 0.29) is 5.91 Å². The molecule has 0 saturated heterocycles. The molecule has 6 nitrogen and oxygen atoms in total. The Kier molecular flexibility index (Phi) is 6.70. The molecule has 1 heterocycles. The molecule has 0 atom stereocenters. The van der Waals surface area contributed by atoms with E-state index in [1.165, 1.54) is 31.1 Å². The number of nitrogens with one attached hydrogen (secondary N) is 1. The first-order chi connectivity index (χ1) is 13.1. The van der Waals surface area contributed by atoms with Crippen molar-refractivity contribution in [3.63, 3.8) is 0 Å². The third-order valence-corrected chi connectivity index (χ3v) is 6.13. The quantitative estimate of drug-likeness (QED) is 0.396. The van der Waals surface area contributed by atoms with Crippen LogP contribution < -0.4 is 14.8 Å². The highest BCUT2D eigenvalue weighted by molar-refractivity contribution is 9.10. The second kappa shape index (κ2) is 9.20. The van der Waals surface area contributed by atoms with Crippen molar-refractivity contribution in [3.05, 3.63) is 58.1 Å². The van der Waals surface area contributed by atoms with Gasteiger partial charge in [-0.2, -0.15) is 0 Å². The van der Waals surface area contributed by atoms with Crippen molar-refractivity contribution in [1.82, 2.24) is 10.2 Å². The summed E-state index contributed by atoms with van der Waals surface area (Å²) in [6, 6.07) is 13.3. The van der Waals surface area contributed by atoms with Crippen molar-refractivity contribution in [2.75, 3.05) is 19.5 Å². The summed E-state index contributed by atoms with van der Waals surface area (Å²) in [5.41, 5.74) is 1.50. The number of rotatable bonds is 7. The summed E-state index contributed by atoms with van der Waals surface area (Å²) in [5.74, 6) is 1.28. The topological polar surface area (TPSA) is 73.3 Å². The highest BCUT2D eigenvalue weighted by atomic mass is 79.9. The molecule has 1 aromatic heterocycles. The number of methoxy groups -OCH3 is 2. The van der Waals surface area contributed by atoms with E-state index in [1.807, 2.05) is 12.1 Å². The summed E-state index contributed by atoms with van der Waals surface area (Å²) in [7, 11) is 3.01. The van der Waals surface area contributed by atoms with Gasteiger partial charge in [0.25, 0.3) is 5.91 Å². The highest BCUT2D eigenvalue weighted by Crippen LogP contribution is 2.31. The van der Waals surface area contributed by atoms with Gasteiger partial charge in [-0.15, -0.1) is 10.2 Å². The number of amides is 1. The molecule has 0 aliphatic carbocycles. The maximum atomic E-state index is 12.7. The van der Waals surface area contributed by atoms with Gasteiger partial charge in [0.05, 0.1) is 14.2 Å². The fourth-order valence-corrected chi connectivity index (χ4v) is 4.25. The normalized spacial score (nSPS) is 10.5. The molecule has 1 amide bonds. The van der Waals surface area contributed by atoms with Crippen molar-refractivity contribution in [2.24, 2.45) is 0 Å². The van der Waals surface area contributed by atoms with Gasteiger partial charge in [-0.3, -0.25) is 10.1 Å². The number of thioether (sulfide) groups is 1. The molecule has 3 aromatic rings. The van der Waals surface area contributed by atoms with Gasteiger partial charge in [0.15, 0.2) is 4.34 Å². The van der Waals surface area contributed by atoms with Crippen LogP contribution in [0.25, 0.3) is 0 Å². The Hall–Kier alpha value is -2.10. The summed E-state index contributed by atoms with van der Waals surface area (Å²) < 4.78 is 12.4. The number of aromatic nitrogens is 2. The Bertz CT molecular complexity index is 910. The Labute approximate surface area is 173 Å². The lowest BCUT2D eigenvalue weighted by Crippen LogP contribution is -2.14. The fourth-order valence-electron chi connectivity index (χ4n) is 2.28. The zero-order valence-electron chi connectivity index (χ0n) is 14.6. The van der Waals surface area contributed by atoms with Gasteiger partial charge in [0.2, 0.25) is 5.13 Å². The first-order valence-electron chi connectivity index (χ1n) is 7.84. The largest absolute Gasteiger partial charge is 0.496 e. The number of carbonyl (C=O) groups excluding carboxylic acids is 1. The monoisotopic (exact) mass is 465 g/mol. The van der Waals surface area contributed by atoms with Gasteiger partial charge < -0.3 is 9.47 Å². The van der Waals surface area contributed by atoms with Crippen molar-refractivity contribution >= 4 is 50.1 Å². The van der Waals surface area contributed by atoms with Crippen molar-refractivity contribution in [3.8, 4) is 11.5 Å². The Balaban J connectivity index is 1.67. The number of benzene rings is 2. The third kappa shape index (κ3) is 5.00. The Morgan fingerprint density at radius 3 is 2.41 bits per heavy atom. The van der Waals surface area contributed by atoms with Crippen molar-refractivity contribution in [1.29, 1.82) is 0 Å². The third-order valence-electron chi connectivity index (χ3n) is 3.56. The molecular formula is C18H16BrN3O3S2. The predicted octanol–water partition coefficient (Wildman–Crippen LogP) is 4.86. The van der Waals surface area contributed by atoms with Gasteiger partial charge in [-0.1, -0.05) is 57.2 Å². The molecule has 1 N–H and O–H groups in total. The number of nitrogens with zero attached hydrogens (tertiary/aromatic N) is 2. The molecule has 0 fully saturated rings. The van der Waals surface area contributed by atoms with Crippen LogP contribution in [0, 0.1) is 0 Å². The Morgan fingerprint density at radius 2 is 1.78 bits per heavy atom. The zero-order chi connectivity index (χ0) is 19.2. The van der Waals surface area contributed by atoms with E-state index in [4.69, 9.17) is 9.47 Å². The summed E-state index contributed by atoms with van der Waals surface area (Å²) >= 11 is 6.31. The first kappa shape index (κ1) is 19.7. The number of hydrogen-bond acceptors (Lipinski definition) is 7. The van der Waals surface area contributed by atoms with Crippen LogP contribution in [-0.2, 0) is 5.75 Å².